The minimum Gasteiger partial charge on any atom is -0.497 e. The van der Waals surface area contributed by atoms with Crippen molar-refractivity contribution in [2.75, 3.05) is 23.9 Å². The van der Waals surface area contributed by atoms with Crippen LogP contribution < -0.4 is 15.0 Å². The average molecular weight is 401 g/mol. The van der Waals surface area contributed by atoms with Crippen molar-refractivity contribution in [2.24, 2.45) is 5.92 Å². The lowest BCUT2D eigenvalue weighted by Gasteiger charge is -2.18. The topological polar surface area (TPSA) is 84.4 Å². The maximum atomic E-state index is 12.7. The van der Waals surface area contributed by atoms with Gasteiger partial charge in [0.1, 0.15) is 10.8 Å². The molecule has 7 nitrogen and oxygen atoms in total. The van der Waals surface area contributed by atoms with Gasteiger partial charge in [-0.1, -0.05) is 30.6 Å². The summed E-state index contributed by atoms with van der Waals surface area (Å²) in [6.07, 6.45) is 6.26. The summed E-state index contributed by atoms with van der Waals surface area (Å²) in [5.41, 5.74) is 0.775. The van der Waals surface area contributed by atoms with Crippen molar-refractivity contribution in [3.8, 4) is 5.75 Å². The average Bonchev–Trinajstić information content (AvgIpc) is 3.35. The summed E-state index contributed by atoms with van der Waals surface area (Å²) < 4.78 is 5.15. The summed E-state index contributed by atoms with van der Waals surface area (Å²) in [5.74, 6) is 0.586. The van der Waals surface area contributed by atoms with Crippen molar-refractivity contribution >= 4 is 34.0 Å². The van der Waals surface area contributed by atoms with E-state index in [1.807, 2.05) is 24.3 Å². The first kappa shape index (κ1) is 18.9. The number of amides is 2. The van der Waals surface area contributed by atoms with Crippen molar-refractivity contribution in [1.29, 1.82) is 0 Å². The molecule has 1 N–H and O–H groups in total. The molecule has 2 fully saturated rings. The molecular weight excluding hydrogens is 376 g/mol. The summed E-state index contributed by atoms with van der Waals surface area (Å²) >= 11 is 1.46. The predicted molar refractivity (Wildman–Crippen MR) is 108 cm³/mol. The Morgan fingerprint density at radius 3 is 2.64 bits per heavy atom. The highest BCUT2D eigenvalue weighted by Crippen LogP contribution is 2.35. The molecular formula is C20H24N4O3S. The van der Waals surface area contributed by atoms with Crippen LogP contribution >= 0.6 is 11.3 Å². The third-order valence-corrected chi connectivity index (χ3v) is 6.51. The van der Waals surface area contributed by atoms with Gasteiger partial charge in [0.05, 0.1) is 13.0 Å². The third-order valence-electron chi connectivity index (χ3n) is 5.51. The van der Waals surface area contributed by atoms with Crippen molar-refractivity contribution in [3.63, 3.8) is 0 Å². The van der Waals surface area contributed by atoms with Crippen LogP contribution in [0.5, 0.6) is 5.75 Å². The zero-order chi connectivity index (χ0) is 19.5. The van der Waals surface area contributed by atoms with Gasteiger partial charge >= 0.3 is 0 Å². The van der Waals surface area contributed by atoms with E-state index in [1.54, 1.807) is 12.0 Å². The molecule has 1 saturated carbocycles. The number of ether oxygens (including phenoxy) is 1. The monoisotopic (exact) mass is 400 g/mol. The van der Waals surface area contributed by atoms with Crippen LogP contribution in [-0.2, 0) is 9.59 Å². The standard InChI is InChI=1S/C20H24N4O3S/c1-27-16-9-7-15(8-10-16)24-12-14(11-17(24)25)18(26)21-20-23-22-19(28-20)13-5-3-2-4-6-13/h7-10,13-14H,2-6,11-12H2,1H3,(H,21,23,26)/t14-/m1/s1. The molecule has 8 heteroatoms. The normalized spacial score (nSPS) is 20.4. The Bertz CT molecular complexity index is 845. The Kier molecular flexibility index (Phi) is 5.57. The summed E-state index contributed by atoms with van der Waals surface area (Å²) in [6, 6.07) is 7.28. The molecule has 1 atom stereocenters. The zero-order valence-corrected chi connectivity index (χ0v) is 16.7. The SMILES string of the molecule is COc1ccc(N2C[C@H](C(=O)Nc3nnc(C4CCCCC4)s3)CC2=O)cc1. The number of nitrogens with one attached hydrogen (secondary N) is 1. The number of carbonyl (C=O) groups is 2. The fraction of sp³-hybridized carbons (Fsp3) is 0.500. The summed E-state index contributed by atoms with van der Waals surface area (Å²) in [6.45, 7) is 0.366. The first-order chi connectivity index (χ1) is 13.6. The minimum atomic E-state index is -0.392. The minimum absolute atomic E-state index is 0.0505. The van der Waals surface area contributed by atoms with E-state index in [1.165, 1.54) is 30.6 Å². The molecule has 1 aromatic carbocycles. The molecule has 2 aromatic rings. The van der Waals surface area contributed by atoms with Gasteiger partial charge in [0.25, 0.3) is 0 Å². The molecule has 1 aliphatic carbocycles. The number of nitrogens with zero attached hydrogens (tertiary/aromatic N) is 3. The highest BCUT2D eigenvalue weighted by Gasteiger charge is 2.35. The largest absolute Gasteiger partial charge is 0.497 e. The highest BCUT2D eigenvalue weighted by molar-refractivity contribution is 7.15. The van der Waals surface area contributed by atoms with Crippen LogP contribution in [0, 0.1) is 5.92 Å². The molecule has 0 unspecified atom stereocenters. The maximum Gasteiger partial charge on any atom is 0.231 e. The Labute approximate surface area is 168 Å². The smallest absolute Gasteiger partial charge is 0.231 e. The Hall–Kier alpha value is -2.48. The molecule has 1 aromatic heterocycles. The molecule has 0 bridgehead atoms. The van der Waals surface area contributed by atoms with E-state index >= 15 is 0 Å². The lowest BCUT2D eigenvalue weighted by molar-refractivity contribution is -0.122. The van der Waals surface area contributed by atoms with Gasteiger partial charge in [-0.15, -0.1) is 10.2 Å². The van der Waals surface area contributed by atoms with E-state index in [0.717, 1.165) is 29.3 Å². The number of anilines is 2. The number of benzene rings is 1. The van der Waals surface area contributed by atoms with Gasteiger partial charge in [0.2, 0.25) is 16.9 Å². The molecule has 0 spiro atoms. The number of aromatic nitrogens is 2. The first-order valence-corrected chi connectivity index (χ1v) is 10.5. The van der Waals surface area contributed by atoms with E-state index in [-0.39, 0.29) is 18.2 Å². The van der Waals surface area contributed by atoms with E-state index in [2.05, 4.69) is 15.5 Å². The van der Waals surface area contributed by atoms with Crippen LogP contribution in [0.15, 0.2) is 24.3 Å². The number of hydrogen-bond acceptors (Lipinski definition) is 6. The van der Waals surface area contributed by atoms with E-state index in [4.69, 9.17) is 4.74 Å². The van der Waals surface area contributed by atoms with Gasteiger partial charge in [-0.2, -0.15) is 0 Å². The van der Waals surface area contributed by atoms with E-state index < -0.39 is 5.92 Å². The Morgan fingerprint density at radius 1 is 1.18 bits per heavy atom. The molecule has 1 aliphatic heterocycles. The van der Waals surface area contributed by atoms with Crippen molar-refractivity contribution in [3.05, 3.63) is 29.3 Å². The molecule has 2 amide bonds. The number of hydrogen-bond donors (Lipinski definition) is 1. The van der Waals surface area contributed by atoms with Gasteiger partial charge in [0, 0.05) is 24.6 Å². The fourth-order valence-corrected chi connectivity index (χ4v) is 4.82. The number of carbonyl (C=O) groups excluding carboxylic acids is 2. The molecule has 0 radical (unpaired) electrons. The van der Waals surface area contributed by atoms with Crippen LogP contribution in [0.25, 0.3) is 0 Å². The highest BCUT2D eigenvalue weighted by atomic mass is 32.1. The molecule has 28 heavy (non-hydrogen) atoms. The lowest BCUT2D eigenvalue weighted by Crippen LogP contribution is -2.28. The van der Waals surface area contributed by atoms with Crippen LogP contribution in [-0.4, -0.2) is 35.7 Å². The predicted octanol–water partition coefficient (Wildman–Crippen LogP) is 3.59. The van der Waals surface area contributed by atoms with Gasteiger partial charge in [-0.3, -0.25) is 9.59 Å². The van der Waals surface area contributed by atoms with Crippen molar-refractivity contribution in [1.82, 2.24) is 10.2 Å². The number of methoxy groups -OCH3 is 1. The summed E-state index contributed by atoms with van der Waals surface area (Å²) in [7, 11) is 1.60. The second-order valence-electron chi connectivity index (χ2n) is 7.37. The second-order valence-corrected chi connectivity index (χ2v) is 8.38. The second kappa shape index (κ2) is 8.26. The van der Waals surface area contributed by atoms with E-state index in [9.17, 15) is 9.59 Å². The van der Waals surface area contributed by atoms with E-state index in [0.29, 0.717) is 17.6 Å². The van der Waals surface area contributed by atoms with Gasteiger partial charge in [-0.05, 0) is 37.1 Å². The molecule has 4 rings (SSSR count). The van der Waals surface area contributed by atoms with Crippen molar-refractivity contribution in [2.45, 2.75) is 44.4 Å². The van der Waals surface area contributed by atoms with Crippen LogP contribution in [0.4, 0.5) is 10.8 Å². The van der Waals surface area contributed by atoms with Crippen LogP contribution in [0.2, 0.25) is 0 Å². The first-order valence-electron chi connectivity index (χ1n) is 9.72. The summed E-state index contributed by atoms with van der Waals surface area (Å²) in [5, 5.41) is 12.8. The van der Waals surface area contributed by atoms with Crippen molar-refractivity contribution < 1.29 is 14.3 Å². The molecule has 2 heterocycles. The van der Waals surface area contributed by atoms with Crippen LogP contribution in [0.1, 0.15) is 49.5 Å². The summed E-state index contributed by atoms with van der Waals surface area (Å²) in [4.78, 5) is 26.7. The Morgan fingerprint density at radius 2 is 1.93 bits per heavy atom. The zero-order valence-electron chi connectivity index (χ0n) is 15.9. The lowest BCUT2D eigenvalue weighted by atomic mass is 9.90. The van der Waals surface area contributed by atoms with Gasteiger partial charge in [-0.25, -0.2) is 0 Å². The van der Waals surface area contributed by atoms with Crippen LogP contribution in [0.3, 0.4) is 0 Å². The maximum absolute atomic E-state index is 12.7. The Balaban J connectivity index is 1.37. The molecule has 148 valence electrons. The molecule has 2 aliphatic rings. The quantitative estimate of drug-likeness (QED) is 0.829. The third kappa shape index (κ3) is 4.01. The molecule has 1 saturated heterocycles. The fourth-order valence-electron chi connectivity index (χ4n) is 3.90. The number of rotatable bonds is 5. The van der Waals surface area contributed by atoms with Gasteiger partial charge < -0.3 is 15.0 Å². The van der Waals surface area contributed by atoms with Gasteiger partial charge in [0.15, 0.2) is 0 Å².